The van der Waals surface area contributed by atoms with E-state index in [4.69, 9.17) is 0 Å². The molecule has 2 aromatic rings. The SMILES string of the molecule is CCc1nc(S(=O)(=O)c2ccccc2)c(C)[nH]1. The highest BCUT2D eigenvalue weighted by Crippen LogP contribution is 2.21. The molecule has 4 nitrogen and oxygen atoms in total. The molecule has 17 heavy (non-hydrogen) atoms. The molecule has 0 aliphatic rings. The van der Waals surface area contributed by atoms with Gasteiger partial charge in [-0.25, -0.2) is 13.4 Å². The van der Waals surface area contributed by atoms with Crippen LogP contribution in [-0.2, 0) is 16.3 Å². The minimum Gasteiger partial charge on any atom is -0.345 e. The van der Waals surface area contributed by atoms with Crippen LogP contribution in [-0.4, -0.2) is 18.4 Å². The molecule has 0 saturated carbocycles. The molecule has 1 aromatic carbocycles. The third-order valence-electron chi connectivity index (χ3n) is 2.53. The zero-order valence-electron chi connectivity index (χ0n) is 9.77. The Hall–Kier alpha value is -1.62. The summed E-state index contributed by atoms with van der Waals surface area (Å²) in [7, 11) is -3.50. The number of benzene rings is 1. The van der Waals surface area contributed by atoms with Crippen molar-refractivity contribution in [2.75, 3.05) is 0 Å². The van der Waals surface area contributed by atoms with E-state index < -0.39 is 9.84 Å². The Morgan fingerprint density at radius 1 is 1.24 bits per heavy atom. The van der Waals surface area contributed by atoms with E-state index in [0.29, 0.717) is 17.9 Å². The van der Waals surface area contributed by atoms with Gasteiger partial charge in [-0.2, -0.15) is 0 Å². The Morgan fingerprint density at radius 3 is 2.41 bits per heavy atom. The molecule has 1 N–H and O–H groups in total. The topological polar surface area (TPSA) is 62.8 Å². The summed E-state index contributed by atoms with van der Waals surface area (Å²) in [5.41, 5.74) is 0.589. The number of aromatic nitrogens is 2. The van der Waals surface area contributed by atoms with E-state index in [0.717, 1.165) is 0 Å². The molecule has 2 rings (SSSR count). The number of imidazole rings is 1. The van der Waals surface area contributed by atoms with Crippen molar-refractivity contribution in [3.05, 3.63) is 41.9 Å². The first-order chi connectivity index (χ1) is 8.05. The number of sulfone groups is 1. The first kappa shape index (κ1) is 11.9. The lowest BCUT2D eigenvalue weighted by Gasteiger charge is -2.01. The lowest BCUT2D eigenvalue weighted by atomic mass is 10.4. The highest BCUT2D eigenvalue weighted by molar-refractivity contribution is 7.91. The molecule has 0 amide bonds. The molecule has 0 aliphatic heterocycles. The Labute approximate surface area is 101 Å². The number of nitrogens with one attached hydrogen (secondary N) is 1. The summed E-state index contributed by atoms with van der Waals surface area (Å²) >= 11 is 0. The predicted molar refractivity (Wildman–Crippen MR) is 64.6 cm³/mol. The molecule has 90 valence electrons. The van der Waals surface area contributed by atoms with E-state index in [9.17, 15) is 8.42 Å². The zero-order chi connectivity index (χ0) is 12.5. The van der Waals surface area contributed by atoms with Crippen molar-refractivity contribution in [2.45, 2.75) is 30.2 Å². The average molecular weight is 250 g/mol. The van der Waals surface area contributed by atoms with E-state index >= 15 is 0 Å². The zero-order valence-corrected chi connectivity index (χ0v) is 10.6. The van der Waals surface area contributed by atoms with Gasteiger partial charge in [-0.3, -0.25) is 0 Å². The minimum atomic E-state index is -3.50. The number of aromatic amines is 1. The van der Waals surface area contributed by atoms with Gasteiger partial charge in [0.1, 0.15) is 5.82 Å². The number of H-pyrrole nitrogens is 1. The summed E-state index contributed by atoms with van der Waals surface area (Å²) in [5.74, 6) is 0.692. The first-order valence-electron chi connectivity index (χ1n) is 5.41. The number of aryl methyl sites for hydroxylation is 2. The van der Waals surface area contributed by atoms with Gasteiger partial charge >= 0.3 is 0 Å². The first-order valence-corrected chi connectivity index (χ1v) is 6.89. The van der Waals surface area contributed by atoms with Gasteiger partial charge in [-0.05, 0) is 19.1 Å². The van der Waals surface area contributed by atoms with Gasteiger partial charge in [0, 0.05) is 6.42 Å². The largest absolute Gasteiger partial charge is 0.345 e. The summed E-state index contributed by atoms with van der Waals surface area (Å²) in [5, 5.41) is 0.126. The second-order valence-electron chi connectivity index (χ2n) is 3.78. The normalized spacial score (nSPS) is 11.6. The third kappa shape index (κ3) is 2.10. The van der Waals surface area contributed by atoms with Gasteiger partial charge in [-0.15, -0.1) is 0 Å². The molecule has 5 heteroatoms. The number of hydrogen-bond acceptors (Lipinski definition) is 3. The maximum absolute atomic E-state index is 12.3. The smallest absolute Gasteiger partial charge is 0.225 e. The summed E-state index contributed by atoms with van der Waals surface area (Å²) < 4.78 is 24.6. The standard InChI is InChI=1S/C12H14N2O2S/c1-3-11-13-9(2)12(14-11)17(15,16)10-7-5-4-6-8-10/h4-8H,3H2,1-2H3,(H,13,14). The van der Waals surface area contributed by atoms with Crippen LogP contribution in [0.1, 0.15) is 18.4 Å². The highest BCUT2D eigenvalue weighted by Gasteiger charge is 2.23. The lowest BCUT2D eigenvalue weighted by Crippen LogP contribution is -2.04. The number of rotatable bonds is 3. The van der Waals surface area contributed by atoms with Crippen LogP contribution in [0.4, 0.5) is 0 Å². The van der Waals surface area contributed by atoms with Crippen molar-refractivity contribution >= 4 is 9.84 Å². The van der Waals surface area contributed by atoms with Gasteiger partial charge < -0.3 is 4.98 Å². The maximum atomic E-state index is 12.3. The van der Waals surface area contributed by atoms with Crippen LogP contribution in [0.25, 0.3) is 0 Å². The van der Waals surface area contributed by atoms with Gasteiger partial charge in [0.25, 0.3) is 0 Å². The summed E-state index contributed by atoms with van der Waals surface area (Å²) in [6, 6.07) is 8.35. The van der Waals surface area contributed by atoms with Crippen LogP contribution in [0.15, 0.2) is 40.3 Å². The van der Waals surface area contributed by atoms with Gasteiger partial charge in [-0.1, -0.05) is 25.1 Å². The molecular formula is C12H14N2O2S. The number of nitrogens with zero attached hydrogens (tertiary/aromatic N) is 1. The third-order valence-corrected chi connectivity index (χ3v) is 4.33. The fourth-order valence-electron chi connectivity index (χ4n) is 1.64. The van der Waals surface area contributed by atoms with E-state index in [1.54, 1.807) is 37.3 Å². The van der Waals surface area contributed by atoms with E-state index in [1.165, 1.54) is 0 Å². The molecule has 0 aliphatic carbocycles. The Kier molecular flexibility index (Phi) is 3.02. The summed E-state index contributed by atoms with van der Waals surface area (Å²) in [6.07, 6.45) is 0.686. The molecular weight excluding hydrogens is 236 g/mol. The van der Waals surface area contributed by atoms with Gasteiger partial charge in [0.05, 0.1) is 10.6 Å². The van der Waals surface area contributed by atoms with Crippen molar-refractivity contribution in [2.24, 2.45) is 0 Å². The van der Waals surface area contributed by atoms with Crippen LogP contribution >= 0.6 is 0 Å². The molecule has 0 radical (unpaired) electrons. The van der Waals surface area contributed by atoms with Gasteiger partial charge in [0.2, 0.25) is 9.84 Å². The molecule has 0 unspecified atom stereocenters. The second-order valence-corrected chi connectivity index (χ2v) is 5.65. The van der Waals surface area contributed by atoms with Crippen LogP contribution in [0.5, 0.6) is 0 Å². The molecule has 0 fully saturated rings. The Morgan fingerprint density at radius 2 is 1.88 bits per heavy atom. The van der Waals surface area contributed by atoms with Crippen LogP contribution in [0.3, 0.4) is 0 Å². The Bertz CT molecular complexity index is 615. The van der Waals surface area contributed by atoms with Crippen molar-refractivity contribution in [1.82, 2.24) is 9.97 Å². The number of hydrogen-bond donors (Lipinski definition) is 1. The van der Waals surface area contributed by atoms with Crippen LogP contribution < -0.4 is 0 Å². The van der Waals surface area contributed by atoms with Crippen molar-refractivity contribution in [3.63, 3.8) is 0 Å². The second kappa shape index (κ2) is 4.33. The minimum absolute atomic E-state index is 0.126. The fourth-order valence-corrected chi connectivity index (χ4v) is 3.07. The highest BCUT2D eigenvalue weighted by atomic mass is 32.2. The predicted octanol–water partition coefficient (Wildman–Crippen LogP) is 2.11. The maximum Gasteiger partial charge on any atom is 0.225 e. The Balaban J connectivity index is 2.56. The molecule has 0 saturated heterocycles. The fraction of sp³-hybridized carbons (Fsp3) is 0.250. The molecule has 1 aromatic heterocycles. The molecule has 0 atom stereocenters. The van der Waals surface area contributed by atoms with Gasteiger partial charge in [0.15, 0.2) is 5.03 Å². The van der Waals surface area contributed by atoms with Crippen molar-refractivity contribution in [3.8, 4) is 0 Å². The van der Waals surface area contributed by atoms with E-state index in [1.807, 2.05) is 6.92 Å². The van der Waals surface area contributed by atoms with E-state index in [2.05, 4.69) is 9.97 Å². The van der Waals surface area contributed by atoms with Crippen molar-refractivity contribution < 1.29 is 8.42 Å². The van der Waals surface area contributed by atoms with Crippen LogP contribution in [0, 0.1) is 6.92 Å². The monoisotopic (exact) mass is 250 g/mol. The van der Waals surface area contributed by atoms with Crippen molar-refractivity contribution in [1.29, 1.82) is 0 Å². The quantitative estimate of drug-likeness (QED) is 0.907. The lowest BCUT2D eigenvalue weighted by molar-refractivity contribution is 0.592. The molecule has 0 bridgehead atoms. The summed E-state index contributed by atoms with van der Waals surface area (Å²) in [4.78, 5) is 7.39. The van der Waals surface area contributed by atoms with E-state index in [-0.39, 0.29) is 9.92 Å². The van der Waals surface area contributed by atoms with Crippen LogP contribution in [0.2, 0.25) is 0 Å². The summed E-state index contributed by atoms with van der Waals surface area (Å²) in [6.45, 7) is 3.65. The average Bonchev–Trinajstić information content (AvgIpc) is 2.72. The molecule has 1 heterocycles. The molecule has 0 spiro atoms.